The van der Waals surface area contributed by atoms with Crippen molar-refractivity contribution in [2.24, 2.45) is 0 Å². The van der Waals surface area contributed by atoms with E-state index in [4.69, 9.17) is 4.74 Å². The molecule has 1 aromatic heterocycles. The molecule has 2 aromatic rings. The number of benzene rings is 1. The van der Waals surface area contributed by atoms with Crippen LogP contribution in [0.25, 0.3) is 0 Å². The van der Waals surface area contributed by atoms with Crippen molar-refractivity contribution in [3.05, 3.63) is 41.5 Å². The van der Waals surface area contributed by atoms with E-state index in [0.717, 1.165) is 5.56 Å². The highest BCUT2D eigenvalue weighted by Gasteiger charge is 2.21. The molecule has 0 radical (unpaired) electrons. The van der Waals surface area contributed by atoms with Crippen LogP contribution in [0.1, 0.15) is 24.0 Å². The van der Waals surface area contributed by atoms with Gasteiger partial charge in [0.2, 0.25) is 0 Å². The average molecular weight is 294 g/mol. The Bertz CT molecular complexity index is 733. The van der Waals surface area contributed by atoms with E-state index in [1.165, 1.54) is 3.97 Å². The summed E-state index contributed by atoms with van der Waals surface area (Å²) in [6.07, 6.45) is 2.11. The molecule has 108 valence electrons. The molecule has 0 fully saturated rings. The van der Waals surface area contributed by atoms with Gasteiger partial charge in [-0.15, -0.1) is 0 Å². The highest BCUT2D eigenvalue weighted by Crippen LogP contribution is 2.23. The molecule has 0 unspecified atom stereocenters. The maximum absolute atomic E-state index is 12.7. The van der Waals surface area contributed by atoms with E-state index in [0.29, 0.717) is 23.7 Å². The smallest absolute Gasteiger partial charge is 0.269 e. The van der Waals surface area contributed by atoms with Gasteiger partial charge in [-0.1, -0.05) is 6.92 Å². The molecule has 20 heavy (non-hydrogen) atoms. The van der Waals surface area contributed by atoms with Gasteiger partial charge in [0.05, 0.1) is 17.7 Å². The number of hydrogen-bond acceptors (Lipinski definition) is 4. The largest absolute Gasteiger partial charge is 0.496 e. The third-order valence-corrected chi connectivity index (χ3v) is 4.79. The van der Waals surface area contributed by atoms with Gasteiger partial charge in [0.15, 0.2) is 0 Å². The minimum atomic E-state index is -3.61. The number of aromatic nitrogens is 2. The lowest BCUT2D eigenvalue weighted by molar-refractivity contribution is 0.411. The van der Waals surface area contributed by atoms with Crippen molar-refractivity contribution in [1.82, 2.24) is 8.96 Å². The average Bonchev–Trinajstić information content (AvgIpc) is 2.80. The van der Waals surface area contributed by atoms with Crippen LogP contribution in [0.5, 0.6) is 5.75 Å². The lowest BCUT2D eigenvalue weighted by Crippen LogP contribution is -2.15. The molecule has 0 saturated carbocycles. The molecule has 0 N–H and O–H groups in total. The number of hydrogen-bond donors (Lipinski definition) is 0. The maximum Gasteiger partial charge on any atom is 0.269 e. The van der Waals surface area contributed by atoms with Crippen LogP contribution in [-0.2, 0) is 16.4 Å². The zero-order valence-corrected chi connectivity index (χ0v) is 12.9. The van der Waals surface area contributed by atoms with Crippen molar-refractivity contribution in [2.75, 3.05) is 7.11 Å². The van der Waals surface area contributed by atoms with Crippen molar-refractivity contribution in [1.29, 1.82) is 0 Å². The molecule has 0 aliphatic carbocycles. The molecule has 2 rings (SSSR count). The van der Waals surface area contributed by atoms with Gasteiger partial charge in [-0.05, 0) is 37.6 Å². The van der Waals surface area contributed by atoms with E-state index in [9.17, 15) is 8.42 Å². The number of imidazole rings is 1. The van der Waals surface area contributed by atoms with Gasteiger partial charge < -0.3 is 4.74 Å². The van der Waals surface area contributed by atoms with Crippen LogP contribution < -0.4 is 4.74 Å². The molecule has 0 amide bonds. The summed E-state index contributed by atoms with van der Waals surface area (Å²) in [7, 11) is -2.05. The predicted octanol–water partition coefficient (Wildman–Crippen LogP) is 2.31. The minimum absolute atomic E-state index is 0.239. The number of rotatable bonds is 4. The summed E-state index contributed by atoms with van der Waals surface area (Å²) >= 11 is 0. The van der Waals surface area contributed by atoms with Crippen LogP contribution in [0.4, 0.5) is 0 Å². The molecule has 0 aliphatic rings. The minimum Gasteiger partial charge on any atom is -0.496 e. The number of ether oxygens (including phenoxy) is 1. The normalized spacial score (nSPS) is 11.6. The monoisotopic (exact) mass is 294 g/mol. The van der Waals surface area contributed by atoms with E-state index in [1.807, 2.05) is 13.8 Å². The third kappa shape index (κ3) is 2.43. The Labute approximate surface area is 119 Å². The Morgan fingerprint density at radius 1 is 1.30 bits per heavy atom. The fraction of sp³-hybridized carbons (Fsp3) is 0.357. The van der Waals surface area contributed by atoms with Crippen molar-refractivity contribution < 1.29 is 13.2 Å². The molecule has 0 spiro atoms. The Morgan fingerprint density at radius 2 is 2.00 bits per heavy atom. The summed E-state index contributed by atoms with van der Waals surface area (Å²) in [6.45, 7) is 5.48. The molecule has 5 nitrogen and oxygen atoms in total. The maximum atomic E-state index is 12.7. The highest BCUT2D eigenvalue weighted by molar-refractivity contribution is 7.90. The summed E-state index contributed by atoms with van der Waals surface area (Å²) in [4.78, 5) is 4.47. The molecule has 0 aliphatic heterocycles. The first kappa shape index (κ1) is 14.6. The van der Waals surface area contributed by atoms with Crippen molar-refractivity contribution in [2.45, 2.75) is 32.1 Å². The van der Waals surface area contributed by atoms with Crippen LogP contribution in [0.2, 0.25) is 0 Å². The zero-order chi connectivity index (χ0) is 14.9. The Kier molecular flexibility index (Phi) is 3.85. The number of nitrogens with zero attached hydrogens (tertiary/aromatic N) is 2. The van der Waals surface area contributed by atoms with E-state index >= 15 is 0 Å². The standard InChI is InChI=1S/C14H18N2O3S/c1-5-14-15-11(3)9-16(14)20(17,18)12-6-7-13(19-4)10(2)8-12/h6-9H,5H2,1-4H3. The molecule has 1 aromatic carbocycles. The van der Waals surface area contributed by atoms with Crippen LogP contribution in [-0.4, -0.2) is 24.5 Å². The van der Waals surface area contributed by atoms with Crippen molar-refractivity contribution >= 4 is 10.0 Å². The second-order valence-corrected chi connectivity index (χ2v) is 6.40. The molecule has 0 atom stereocenters. The van der Waals surface area contributed by atoms with Gasteiger partial charge in [0.1, 0.15) is 11.6 Å². The first-order valence-electron chi connectivity index (χ1n) is 6.35. The predicted molar refractivity (Wildman–Crippen MR) is 76.7 cm³/mol. The van der Waals surface area contributed by atoms with Gasteiger partial charge in [0, 0.05) is 12.6 Å². The zero-order valence-electron chi connectivity index (χ0n) is 12.0. The van der Waals surface area contributed by atoms with Crippen molar-refractivity contribution in [3.8, 4) is 5.75 Å². The first-order chi connectivity index (χ1) is 9.40. The molecule has 6 heteroatoms. The summed E-state index contributed by atoms with van der Waals surface area (Å²) in [5.74, 6) is 1.21. The van der Waals surface area contributed by atoms with Crippen LogP contribution in [0.3, 0.4) is 0 Å². The van der Waals surface area contributed by atoms with Gasteiger partial charge in [-0.2, -0.15) is 0 Å². The van der Waals surface area contributed by atoms with Gasteiger partial charge >= 0.3 is 0 Å². The Balaban J connectivity index is 2.57. The topological polar surface area (TPSA) is 61.2 Å². The fourth-order valence-corrected chi connectivity index (χ4v) is 3.63. The summed E-state index contributed by atoms with van der Waals surface area (Å²) in [6, 6.07) is 4.83. The summed E-state index contributed by atoms with van der Waals surface area (Å²) in [5.41, 5.74) is 1.47. The number of aryl methyl sites for hydroxylation is 3. The van der Waals surface area contributed by atoms with Crippen LogP contribution in [0, 0.1) is 13.8 Å². The van der Waals surface area contributed by atoms with Crippen LogP contribution >= 0.6 is 0 Å². The lowest BCUT2D eigenvalue weighted by Gasteiger charge is -2.10. The molecular weight excluding hydrogens is 276 g/mol. The summed E-state index contributed by atoms with van der Waals surface area (Å²) in [5, 5.41) is 0. The molecule has 0 saturated heterocycles. The SMILES string of the molecule is CCc1nc(C)cn1S(=O)(=O)c1ccc(OC)c(C)c1. The quantitative estimate of drug-likeness (QED) is 0.868. The second kappa shape index (κ2) is 5.28. The number of methoxy groups -OCH3 is 1. The summed E-state index contributed by atoms with van der Waals surface area (Å²) < 4.78 is 31.7. The van der Waals surface area contributed by atoms with Gasteiger partial charge in [-0.25, -0.2) is 17.4 Å². The lowest BCUT2D eigenvalue weighted by atomic mass is 10.2. The Morgan fingerprint density at radius 3 is 2.55 bits per heavy atom. The van der Waals surface area contributed by atoms with Gasteiger partial charge in [0.25, 0.3) is 10.0 Å². The Hall–Kier alpha value is -1.82. The molecule has 1 heterocycles. The van der Waals surface area contributed by atoms with E-state index in [1.54, 1.807) is 38.4 Å². The third-order valence-electron chi connectivity index (χ3n) is 3.10. The first-order valence-corrected chi connectivity index (χ1v) is 7.79. The van der Waals surface area contributed by atoms with Crippen molar-refractivity contribution in [3.63, 3.8) is 0 Å². The molecular formula is C14H18N2O3S. The highest BCUT2D eigenvalue weighted by atomic mass is 32.2. The fourth-order valence-electron chi connectivity index (χ4n) is 2.09. The van der Waals surface area contributed by atoms with E-state index < -0.39 is 10.0 Å². The van der Waals surface area contributed by atoms with E-state index in [-0.39, 0.29) is 4.90 Å². The van der Waals surface area contributed by atoms with Gasteiger partial charge in [-0.3, -0.25) is 0 Å². The van der Waals surface area contributed by atoms with Crippen LogP contribution in [0.15, 0.2) is 29.3 Å². The van der Waals surface area contributed by atoms with E-state index in [2.05, 4.69) is 4.98 Å². The second-order valence-electron chi connectivity index (χ2n) is 4.58. The molecule has 0 bridgehead atoms.